The van der Waals surface area contributed by atoms with Crippen molar-refractivity contribution in [3.8, 4) is 11.5 Å². The van der Waals surface area contributed by atoms with Crippen LogP contribution in [-0.4, -0.2) is 23.8 Å². The maximum Gasteiger partial charge on any atom is 0.416 e. The minimum Gasteiger partial charge on any atom is -0.457 e. The molecule has 0 aliphatic rings. The van der Waals surface area contributed by atoms with Crippen LogP contribution in [0.25, 0.3) is 0 Å². The molecule has 1 heterocycles. The summed E-state index contributed by atoms with van der Waals surface area (Å²) in [6.45, 7) is 0. The number of hydrogen-bond acceptors (Lipinski definition) is 4. The fraction of sp³-hybridized carbons (Fsp3) is 0.0952. The van der Waals surface area contributed by atoms with E-state index in [1.807, 2.05) is 0 Å². The van der Waals surface area contributed by atoms with Gasteiger partial charge in [-0.1, -0.05) is 0 Å². The second kappa shape index (κ2) is 8.82. The number of anilines is 1. The Morgan fingerprint density at radius 3 is 2.29 bits per heavy atom. The van der Waals surface area contributed by atoms with Gasteiger partial charge in [-0.15, -0.1) is 0 Å². The molecule has 0 radical (unpaired) electrons. The molecule has 31 heavy (non-hydrogen) atoms. The molecule has 0 aliphatic heterocycles. The lowest BCUT2D eigenvalue weighted by Crippen LogP contribution is -2.18. The van der Waals surface area contributed by atoms with Gasteiger partial charge in [0.05, 0.1) is 11.1 Å². The lowest BCUT2D eigenvalue weighted by Gasteiger charge is -2.11. The third kappa shape index (κ3) is 5.35. The topological polar surface area (TPSA) is 80.3 Å². The summed E-state index contributed by atoms with van der Waals surface area (Å²) in [5.74, 6) is -1.78. The molecule has 160 valence electrons. The molecule has 0 bridgehead atoms. The van der Waals surface area contributed by atoms with E-state index in [0.717, 1.165) is 0 Å². The van der Waals surface area contributed by atoms with Crippen LogP contribution in [0.15, 0.2) is 60.8 Å². The molecule has 1 aromatic heterocycles. The summed E-state index contributed by atoms with van der Waals surface area (Å²) in [5.41, 5.74) is -1.48. The molecule has 3 aromatic rings. The Bertz CT molecular complexity index is 1120. The van der Waals surface area contributed by atoms with Gasteiger partial charge in [-0.2, -0.15) is 13.2 Å². The van der Waals surface area contributed by atoms with Crippen molar-refractivity contribution in [1.82, 2.24) is 10.3 Å². The number of pyridine rings is 1. The molecule has 10 heteroatoms. The van der Waals surface area contributed by atoms with Gasteiger partial charge in [-0.05, 0) is 48.5 Å². The zero-order chi connectivity index (χ0) is 22.6. The molecule has 0 atom stereocenters. The minimum absolute atomic E-state index is 0.159. The first-order valence-electron chi connectivity index (χ1n) is 8.81. The minimum atomic E-state index is -4.70. The van der Waals surface area contributed by atoms with E-state index in [0.29, 0.717) is 29.7 Å². The molecule has 0 aliphatic carbocycles. The molecule has 2 aromatic carbocycles. The van der Waals surface area contributed by atoms with Crippen LogP contribution in [0.4, 0.5) is 23.2 Å². The van der Waals surface area contributed by atoms with Gasteiger partial charge >= 0.3 is 6.18 Å². The Labute approximate surface area is 173 Å². The monoisotopic (exact) mass is 433 g/mol. The number of hydrogen-bond donors (Lipinski definition) is 2. The summed E-state index contributed by atoms with van der Waals surface area (Å²) in [5, 5.41) is 4.78. The number of nitrogens with zero attached hydrogens (tertiary/aromatic N) is 1. The highest BCUT2D eigenvalue weighted by molar-refractivity contribution is 6.04. The van der Waals surface area contributed by atoms with Crippen LogP contribution in [-0.2, 0) is 6.18 Å². The molecule has 3 rings (SSSR count). The molecule has 0 saturated carbocycles. The maximum absolute atomic E-state index is 13.9. The van der Waals surface area contributed by atoms with E-state index in [4.69, 9.17) is 4.74 Å². The Morgan fingerprint density at radius 2 is 1.65 bits per heavy atom. The van der Waals surface area contributed by atoms with Gasteiger partial charge in [0.15, 0.2) is 0 Å². The summed E-state index contributed by atoms with van der Waals surface area (Å²) in [4.78, 5) is 27.8. The van der Waals surface area contributed by atoms with Crippen molar-refractivity contribution in [1.29, 1.82) is 0 Å². The molecule has 0 fully saturated rings. The normalized spacial score (nSPS) is 11.0. The molecule has 0 unspecified atom stereocenters. The molecule has 0 saturated heterocycles. The lowest BCUT2D eigenvalue weighted by molar-refractivity contribution is -0.137. The fourth-order valence-corrected chi connectivity index (χ4v) is 2.54. The van der Waals surface area contributed by atoms with Crippen molar-refractivity contribution in [3.63, 3.8) is 0 Å². The number of rotatable bonds is 5. The molecule has 2 N–H and O–H groups in total. The molecule has 2 amide bonds. The largest absolute Gasteiger partial charge is 0.457 e. The average Bonchev–Trinajstić information content (AvgIpc) is 2.74. The van der Waals surface area contributed by atoms with E-state index in [2.05, 4.69) is 15.6 Å². The van der Waals surface area contributed by atoms with Gasteiger partial charge in [-0.25, -0.2) is 4.39 Å². The van der Waals surface area contributed by atoms with Crippen LogP contribution in [0.1, 0.15) is 26.4 Å². The Kier molecular flexibility index (Phi) is 6.19. The second-order valence-corrected chi connectivity index (χ2v) is 6.23. The Morgan fingerprint density at radius 1 is 0.935 bits per heavy atom. The first-order valence-corrected chi connectivity index (χ1v) is 8.81. The van der Waals surface area contributed by atoms with Crippen LogP contribution >= 0.6 is 0 Å². The summed E-state index contributed by atoms with van der Waals surface area (Å²) in [7, 11) is 1.47. The second-order valence-electron chi connectivity index (χ2n) is 6.23. The smallest absolute Gasteiger partial charge is 0.416 e. The first kappa shape index (κ1) is 21.8. The van der Waals surface area contributed by atoms with E-state index in [9.17, 15) is 27.2 Å². The average molecular weight is 433 g/mol. The molecular weight excluding hydrogens is 418 g/mol. The number of carbonyl (C=O) groups is 2. The maximum atomic E-state index is 13.9. The number of ether oxygens (including phenoxy) is 1. The van der Waals surface area contributed by atoms with Crippen LogP contribution in [0, 0.1) is 5.82 Å². The van der Waals surface area contributed by atoms with Gasteiger partial charge in [-0.3, -0.25) is 14.6 Å². The predicted octanol–water partition coefficient (Wildman–Crippen LogP) is 4.64. The van der Waals surface area contributed by atoms with E-state index >= 15 is 0 Å². The highest BCUT2D eigenvalue weighted by Gasteiger charge is 2.32. The van der Waals surface area contributed by atoms with Crippen molar-refractivity contribution in [2.45, 2.75) is 6.18 Å². The van der Waals surface area contributed by atoms with Crippen molar-refractivity contribution >= 4 is 17.5 Å². The lowest BCUT2D eigenvalue weighted by atomic mass is 10.1. The van der Waals surface area contributed by atoms with Crippen molar-refractivity contribution in [3.05, 3.63) is 83.4 Å². The van der Waals surface area contributed by atoms with Crippen LogP contribution in [0.3, 0.4) is 0 Å². The Hall–Kier alpha value is -3.95. The standard InChI is InChI=1S/C21H15F4N3O3/c1-26-20(30)18-11-15(8-9-27-18)31-14-5-3-13(4-6-14)28-19(29)16-10-12(21(23,24)25)2-7-17(16)22/h2-11H,1H3,(H,26,30)(H,28,29). The van der Waals surface area contributed by atoms with Gasteiger partial charge < -0.3 is 15.4 Å². The summed E-state index contributed by atoms with van der Waals surface area (Å²) >= 11 is 0. The summed E-state index contributed by atoms with van der Waals surface area (Å²) < 4.78 is 57.9. The molecule has 6 nitrogen and oxygen atoms in total. The van der Waals surface area contributed by atoms with Gasteiger partial charge in [0.25, 0.3) is 11.8 Å². The quantitative estimate of drug-likeness (QED) is 0.575. The van der Waals surface area contributed by atoms with Crippen molar-refractivity contribution in [2.75, 3.05) is 12.4 Å². The van der Waals surface area contributed by atoms with Gasteiger partial charge in [0.1, 0.15) is 23.0 Å². The summed E-state index contributed by atoms with van der Waals surface area (Å²) in [6.07, 6.45) is -3.30. The van der Waals surface area contributed by atoms with Crippen molar-refractivity contribution in [2.24, 2.45) is 0 Å². The van der Waals surface area contributed by atoms with Gasteiger partial charge in [0.2, 0.25) is 0 Å². The van der Waals surface area contributed by atoms with E-state index < -0.39 is 29.0 Å². The zero-order valence-corrected chi connectivity index (χ0v) is 16.0. The number of amides is 2. The SMILES string of the molecule is CNC(=O)c1cc(Oc2ccc(NC(=O)c3cc(C(F)(F)F)ccc3F)cc2)ccn1. The third-order valence-corrected chi connectivity index (χ3v) is 4.08. The number of nitrogens with one attached hydrogen (secondary N) is 2. The van der Waals surface area contributed by atoms with E-state index in [1.54, 1.807) is 6.07 Å². The number of carbonyl (C=O) groups excluding carboxylic acids is 2. The number of halogens is 4. The van der Waals surface area contributed by atoms with E-state index in [1.165, 1.54) is 43.6 Å². The summed E-state index contributed by atoms with van der Waals surface area (Å²) in [6, 6.07) is 10.4. The first-order chi connectivity index (χ1) is 14.7. The predicted molar refractivity (Wildman–Crippen MR) is 103 cm³/mol. The van der Waals surface area contributed by atoms with Crippen LogP contribution in [0.5, 0.6) is 11.5 Å². The highest BCUT2D eigenvalue weighted by Crippen LogP contribution is 2.30. The third-order valence-electron chi connectivity index (χ3n) is 4.08. The van der Waals surface area contributed by atoms with Crippen LogP contribution < -0.4 is 15.4 Å². The van der Waals surface area contributed by atoms with Crippen molar-refractivity contribution < 1.29 is 31.9 Å². The zero-order valence-electron chi connectivity index (χ0n) is 16.0. The molecular formula is C21H15F4N3O3. The van der Waals surface area contributed by atoms with Crippen LogP contribution in [0.2, 0.25) is 0 Å². The Balaban J connectivity index is 1.71. The highest BCUT2D eigenvalue weighted by atomic mass is 19.4. The number of benzene rings is 2. The molecule has 0 spiro atoms. The fourth-order valence-electron chi connectivity index (χ4n) is 2.54. The van der Waals surface area contributed by atoms with E-state index in [-0.39, 0.29) is 17.3 Å². The number of alkyl halides is 3. The van der Waals surface area contributed by atoms with Gasteiger partial charge in [0, 0.05) is 25.0 Å². The number of aromatic nitrogens is 1.